The van der Waals surface area contributed by atoms with Crippen molar-refractivity contribution >= 4 is 23.4 Å². The maximum atomic E-state index is 13.0. The number of nitrogens with one attached hydrogen (secondary N) is 1. The van der Waals surface area contributed by atoms with Crippen molar-refractivity contribution in [2.24, 2.45) is 5.92 Å². The highest BCUT2D eigenvalue weighted by atomic mass is 35.5. The molecule has 2 amide bonds. The molecule has 0 spiro atoms. The van der Waals surface area contributed by atoms with Crippen LogP contribution in [-0.2, 0) is 11.2 Å². The van der Waals surface area contributed by atoms with Crippen molar-refractivity contribution in [1.29, 1.82) is 0 Å². The molecule has 6 heteroatoms. The summed E-state index contributed by atoms with van der Waals surface area (Å²) in [7, 11) is 1.65. The molecular weight excluding hydrogens is 448 g/mol. The number of hydrogen-bond acceptors (Lipinski definition) is 3. The van der Waals surface area contributed by atoms with Crippen molar-refractivity contribution in [2.45, 2.75) is 19.3 Å². The highest BCUT2D eigenvalue weighted by molar-refractivity contribution is 6.30. The van der Waals surface area contributed by atoms with E-state index in [-0.39, 0.29) is 17.7 Å². The van der Waals surface area contributed by atoms with Crippen LogP contribution >= 0.6 is 11.6 Å². The minimum atomic E-state index is -0.0535. The van der Waals surface area contributed by atoms with Crippen LogP contribution in [0.15, 0.2) is 72.8 Å². The van der Waals surface area contributed by atoms with E-state index in [4.69, 9.17) is 16.3 Å². The Balaban J connectivity index is 1.27. The van der Waals surface area contributed by atoms with E-state index in [1.165, 1.54) is 0 Å². The third-order valence-corrected chi connectivity index (χ3v) is 6.58. The van der Waals surface area contributed by atoms with E-state index in [1.54, 1.807) is 7.11 Å². The Bertz CT molecular complexity index is 1120. The Morgan fingerprint density at radius 1 is 0.971 bits per heavy atom. The lowest BCUT2D eigenvalue weighted by Gasteiger charge is -2.31. The molecule has 1 heterocycles. The molecular formula is C28H29ClN2O3. The predicted molar refractivity (Wildman–Crippen MR) is 135 cm³/mol. The third-order valence-electron chi connectivity index (χ3n) is 6.33. The van der Waals surface area contributed by atoms with Gasteiger partial charge in [0.15, 0.2) is 0 Å². The van der Waals surface area contributed by atoms with Crippen molar-refractivity contribution in [1.82, 2.24) is 10.2 Å². The molecule has 1 N–H and O–H groups in total. The number of amides is 2. The van der Waals surface area contributed by atoms with Gasteiger partial charge in [0.25, 0.3) is 5.91 Å². The molecule has 34 heavy (non-hydrogen) atoms. The number of halogens is 1. The minimum Gasteiger partial charge on any atom is -0.496 e. The summed E-state index contributed by atoms with van der Waals surface area (Å²) in [6.45, 7) is 1.77. The SMILES string of the molecule is COc1ccccc1-c1ccc(C(=O)N2CCC(C(=O)NCCc3ccc(Cl)cc3)CC2)cc1. The number of rotatable bonds is 7. The molecule has 3 aromatic rings. The number of para-hydroxylation sites is 1. The molecule has 0 unspecified atom stereocenters. The standard InChI is InChI=1S/C28H29ClN2O3/c1-34-26-5-3-2-4-25(26)21-8-10-23(11-9-21)28(33)31-18-15-22(16-19-31)27(32)30-17-14-20-6-12-24(29)13-7-20/h2-13,22H,14-19H2,1H3,(H,30,32). The molecule has 176 valence electrons. The summed E-state index contributed by atoms with van der Waals surface area (Å²) in [5.74, 6) is 0.827. The van der Waals surface area contributed by atoms with Gasteiger partial charge < -0.3 is 15.0 Å². The highest BCUT2D eigenvalue weighted by Crippen LogP contribution is 2.30. The fourth-order valence-electron chi connectivity index (χ4n) is 4.33. The Labute approximate surface area is 205 Å². The quantitative estimate of drug-likeness (QED) is 0.508. The summed E-state index contributed by atoms with van der Waals surface area (Å²) in [5, 5.41) is 3.75. The second-order valence-corrected chi connectivity index (χ2v) is 8.95. The van der Waals surface area contributed by atoms with Crippen LogP contribution in [0.5, 0.6) is 5.75 Å². The number of carbonyl (C=O) groups is 2. The van der Waals surface area contributed by atoms with Gasteiger partial charge >= 0.3 is 0 Å². The molecule has 0 aromatic heterocycles. The Hall–Kier alpha value is -3.31. The smallest absolute Gasteiger partial charge is 0.253 e. The Morgan fingerprint density at radius 3 is 2.32 bits per heavy atom. The van der Waals surface area contributed by atoms with Gasteiger partial charge in [0.1, 0.15) is 5.75 Å². The number of hydrogen-bond donors (Lipinski definition) is 1. The summed E-state index contributed by atoms with van der Waals surface area (Å²) in [4.78, 5) is 27.4. The van der Waals surface area contributed by atoms with Crippen LogP contribution in [0.2, 0.25) is 5.02 Å². The summed E-state index contributed by atoms with van der Waals surface area (Å²) in [6.07, 6.45) is 2.13. The largest absolute Gasteiger partial charge is 0.496 e. The summed E-state index contributed by atoms with van der Waals surface area (Å²) in [6, 6.07) is 23.1. The molecule has 0 radical (unpaired) electrons. The highest BCUT2D eigenvalue weighted by Gasteiger charge is 2.27. The summed E-state index contributed by atoms with van der Waals surface area (Å²) >= 11 is 5.91. The second kappa shape index (κ2) is 11.2. The molecule has 0 atom stereocenters. The van der Waals surface area contributed by atoms with E-state index in [0.717, 1.165) is 28.9 Å². The zero-order valence-electron chi connectivity index (χ0n) is 19.3. The fraction of sp³-hybridized carbons (Fsp3) is 0.286. The fourth-order valence-corrected chi connectivity index (χ4v) is 4.45. The number of methoxy groups -OCH3 is 1. The summed E-state index contributed by atoms with van der Waals surface area (Å²) < 4.78 is 5.44. The van der Waals surface area contributed by atoms with Gasteiger partial charge in [-0.2, -0.15) is 0 Å². The van der Waals surface area contributed by atoms with Gasteiger partial charge in [-0.1, -0.05) is 54.1 Å². The molecule has 1 aliphatic rings. The zero-order valence-corrected chi connectivity index (χ0v) is 20.1. The van der Waals surface area contributed by atoms with Crippen LogP contribution in [0.25, 0.3) is 11.1 Å². The van der Waals surface area contributed by atoms with Crippen LogP contribution < -0.4 is 10.1 Å². The first-order valence-corrected chi connectivity index (χ1v) is 12.0. The molecule has 0 saturated carbocycles. The topological polar surface area (TPSA) is 58.6 Å². The van der Waals surface area contributed by atoms with Crippen LogP contribution in [0, 0.1) is 5.92 Å². The first-order valence-electron chi connectivity index (χ1n) is 11.6. The number of nitrogens with zero attached hydrogens (tertiary/aromatic N) is 1. The lowest BCUT2D eigenvalue weighted by atomic mass is 9.95. The maximum Gasteiger partial charge on any atom is 0.253 e. The molecule has 3 aromatic carbocycles. The van der Waals surface area contributed by atoms with Gasteiger partial charge in [0.2, 0.25) is 5.91 Å². The van der Waals surface area contributed by atoms with Crippen LogP contribution in [0.3, 0.4) is 0 Å². The van der Waals surface area contributed by atoms with Crippen molar-refractivity contribution in [3.63, 3.8) is 0 Å². The van der Waals surface area contributed by atoms with Crippen LogP contribution in [0.4, 0.5) is 0 Å². The van der Waals surface area contributed by atoms with Gasteiger partial charge in [-0.3, -0.25) is 9.59 Å². The van der Waals surface area contributed by atoms with Crippen LogP contribution in [-0.4, -0.2) is 43.5 Å². The Morgan fingerprint density at radius 2 is 1.65 bits per heavy atom. The van der Waals surface area contributed by atoms with E-state index in [1.807, 2.05) is 77.7 Å². The van der Waals surface area contributed by atoms with Gasteiger partial charge in [-0.15, -0.1) is 0 Å². The Kier molecular flexibility index (Phi) is 7.86. The molecule has 4 rings (SSSR count). The average Bonchev–Trinajstić information content (AvgIpc) is 2.89. The van der Waals surface area contributed by atoms with Crippen molar-refractivity contribution in [2.75, 3.05) is 26.7 Å². The number of likely N-dealkylation sites (tertiary alicyclic amines) is 1. The second-order valence-electron chi connectivity index (χ2n) is 8.51. The van der Waals surface area contributed by atoms with E-state index in [2.05, 4.69) is 5.32 Å². The average molecular weight is 477 g/mol. The molecule has 0 bridgehead atoms. The first-order chi connectivity index (χ1) is 16.5. The van der Waals surface area contributed by atoms with Gasteiger partial charge in [0, 0.05) is 41.7 Å². The predicted octanol–water partition coefficient (Wildman–Crippen LogP) is 5.23. The van der Waals surface area contributed by atoms with E-state index in [0.29, 0.717) is 43.1 Å². The van der Waals surface area contributed by atoms with E-state index in [9.17, 15) is 9.59 Å². The normalized spacial score (nSPS) is 14.0. The molecule has 1 aliphatic heterocycles. The summed E-state index contributed by atoms with van der Waals surface area (Å²) in [5.41, 5.74) is 3.79. The minimum absolute atomic E-state index is 0.00757. The van der Waals surface area contributed by atoms with Crippen molar-refractivity contribution in [3.05, 3.63) is 88.9 Å². The molecule has 0 aliphatic carbocycles. The lowest BCUT2D eigenvalue weighted by molar-refractivity contribution is -0.126. The van der Waals surface area contributed by atoms with Crippen molar-refractivity contribution in [3.8, 4) is 16.9 Å². The number of carbonyl (C=O) groups excluding carboxylic acids is 2. The molecule has 1 fully saturated rings. The maximum absolute atomic E-state index is 13.0. The molecule has 1 saturated heterocycles. The van der Waals surface area contributed by atoms with Gasteiger partial charge in [-0.05, 0) is 60.7 Å². The van der Waals surface area contributed by atoms with Crippen molar-refractivity contribution < 1.29 is 14.3 Å². The first kappa shape index (κ1) is 23.8. The third kappa shape index (κ3) is 5.78. The molecule has 5 nitrogen and oxygen atoms in total. The van der Waals surface area contributed by atoms with Crippen LogP contribution in [0.1, 0.15) is 28.8 Å². The van der Waals surface area contributed by atoms with E-state index >= 15 is 0 Å². The number of benzene rings is 3. The number of piperidine rings is 1. The lowest BCUT2D eigenvalue weighted by Crippen LogP contribution is -2.43. The number of ether oxygens (including phenoxy) is 1. The monoisotopic (exact) mass is 476 g/mol. The zero-order chi connectivity index (χ0) is 23.9. The van der Waals surface area contributed by atoms with Gasteiger partial charge in [-0.25, -0.2) is 0 Å². The van der Waals surface area contributed by atoms with E-state index < -0.39 is 0 Å². The van der Waals surface area contributed by atoms with Gasteiger partial charge in [0.05, 0.1) is 7.11 Å².